The second kappa shape index (κ2) is 7.88. The van der Waals surface area contributed by atoms with Crippen LogP contribution in [0, 0.1) is 0 Å². The van der Waals surface area contributed by atoms with Crippen molar-refractivity contribution < 1.29 is 18.0 Å². The lowest BCUT2D eigenvalue weighted by molar-refractivity contribution is -0.137. The second-order valence-corrected chi connectivity index (χ2v) is 7.80. The van der Waals surface area contributed by atoms with Gasteiger partial charge in [-0.15, -0.1) is 0 Å². The number of piperazine rings is 1. The highest BCUT2D eigenvalue weighted by atomic mass is 19.4. The summed E-state index contributed by atoms with van der Waals surface area (Å²) >= 11 is 0. The van der Waals surface area contributed by atoms with E-state index in [1.807, 2.05) is 4.90 Å². The molecule has 11 heteroatoms. The van der Waals surface area contributed by atoms with Crippen LogP contribution < -0.4 is 16.1 Å². The predicted octanol–water partition coefficient (Wildman–Crippen LogP) is 1.41. The molecule has 3 aromatic rings. The van der Waals surface area contributed by atoms with Crippen LogP contribution in [0.1, 0.15) is 5.56 Å². The Labute approximate surface area is 180 Å². The summed E-state index contributed by atoms with van der Waals surface area (Å²) in [6.07, 6.45) is -2.76. The highest BCUT2D eigenvalue weighted by Gasteiger charge is 2.30. The number of anilines is 1. The molecule has 8 nitrogen and oxygen atoms in total. The van der Waals surface area contributed by atoms with Crippen molar-refractivity contribution in [2.24, 2.45) is 14.1 Å². The minimum atomic E-state index is -4.37. The molecule has 3 heterocycles. The van der Waals surface area contributed by atoms with Gasteiger partial charge in [0.15, 0.2) is 0 Å². The van der Waals surface area contributed by atoms with Gasteiger partial charge in [-0.3, -0.25) is 18.7 Å². The van der Waals surface area contributed by atoms with Gasteiger partial charge in [0.2, 0.25) is 5.91 Å². The van der Waals surface area contributed by atoms with Gasteiger partial charge in [-0.25, -0.2) is 4.79 Å². The smallest absolute Gasteiger partial charge is 0.368 e. The Morgan fingerprint density at radius 1 is 0.938 bits per heavy atom. The first-order chi connectivity index (χ1) is 15.1. The number of hydrogen-bond acceptors (Lipinski definition) is 4. The summed E-state index contributed by atoms with van der Waals surface area (Å²) in [6.45, 7) is 1.79. The topological polar surface area (TPSA) is 72.5 Å². The fourth-order valence-corrected chi connectivity index (χ4v) is 4.04. The van der Waals surface area contributed by atoms with E-state index >= 15 is 0 Å². The molecule has 1 saturated heterocycles. The number of aromatic nitrogens is 3. The van der Waals surface area contributed by atoms with E-state index in [4.69, 9.17) is 0 Å². The van der Waals surface area contributed by atoms with Crippen molar-refractivity contribution in [2.75, 3.05) is 31.1 Å². The van der Waals surface area contributed by atoms with Crippen LogP contribution in [0.25, 0.3) is 11.0 Å². The van der Waals surface area contributed by atoms with Gasteiger partial charge in [0, 0.05) is 52.2 Å². The molecule has 0 saturated carbocycles. The maximum Gasteiger partial charge on any atom is 0.416 e. The monoisotopic (exact) mass is 449 g/mol. The normalized spacial score (nSPS) is 14.9. The molecule has 1 amide bonds. The minimum Gasteiger partial charge on any atom is -0.368 e. The number of nitrogens with zero attached hydrogens (tertiary/aromatic N) is 5. The van der Waals surface area contributed by atoms with E-state index in [0.29, 0.717) is 42.9 Å². The maximum absolute atomic E-state index is 12.8. The number of benzene rings is 1. The quantitative estimate of drug-likeness (QED) is 0.606. The fourth-order valence-electron chi connectivity index (χ4n) is 4.04. The van der Waals surface area contributed by atoms with E-state index in [2.05, 4.69) is 0 Å². The van der Waals surface area contributed by atoms with Crippen LogP contribution in [-0.4, -0.2) is 50.7 Å². The van der Waals surface area contributed by atoms with Crippen LogP contribution in [0.15, 0.2) is 46.1 Å². The molecule has 1 aromatic carbocycles. The standard InChI is InChI=1S/C21H22F3N5O3/c1-25-18-16(19(31)26(2)20(25)32)7-8-29(18)13-17(30)28-11-9-27(10-12-28)15-5-3-14(4-6-15)21(22,23)24/h3-8H,9-13H2,1-2H3. The summed E-state index contributed by atoms with van der Waals surface area (Å²) in [5.74, 6) is -0.164. The Hall–Kier alpha value is -3.50. The van der Waals surface area contributed by atoms with E-state index in [0.717, 1.165) is 16.7 Å². The molecular weight excluding hydrogens is 427 g/mol. The average molecular weight is 449 g/mol. The number of carbonyl (C=O) groups excluding carboxylic acids is 1. The average Bonchev–Trinajstić information content (AvgIpc) is 3.19. The molecule has 1 fully saturated rings. The minimum absolute atomic E-state index is 0.0236. The van der Waals surface area contributed by atoms with Crippen LogP contribution in [0.2, 0.25) is 0 Å². The number of fused-ring (bicyclic) bond motifs is 1. The zero-order chi connectivity index (χ0) is 23.2. The third kappa shape index (κ3) is 3.78. The molecule has 0 radical (unpaired) electrons. The Morgan fingerprint density at radius 2 is 1.56 bits per heavy atom. The lowest BCUT2D eigenvalue weighted by atomic mass is 10.1. The SMILES string of the molecule is Cn1c(=O)c2ccn(CC(=O)N3CCN(c4ccc(C(F)(F)F)cc4)CC3)c2n(C)c1=O. The van der Waals surface area contributed by atoms with Gasteiger partial charge < -0.3 is 14.4 Å². The number of aryl methyl sites for hydroxylation is 1. The van der Waals surface area contributed by atoms with E-state index in [1.54, 1.807) is 28.8 Å². The van der Waals surface area contributed by atoms with Crippen LogP contribution in [0.4, 0.5) is 18.9 Å². The Balaban J connectivity index is 1.45. The first-order valence-corrected chi connectivity index (χ1v) is 10.0. The summed E-state index contributed by atoms with van der Waals surface area (Å²) in [5, 5.41) is 0.356. The molecule has 32 heavy (non-hydrogen) atoms. The summed E-state index contributed by atoms with van der Waals surface area (Å²) in [7, 11) is 2.96. The van der Waals surface area contributed by atoms with Crippen molar-refractivity contribution in [1.82, 2.24) is 18.6 Å². The third-order valence-electron chi connectivity index (χ3n) is 5.86. The van der Waals surface area contributed by atoms with Crippen molar-refractivity contribution in [3.05, 3.63) is 62.9 Å². The molecule has 0 unspecified atom stereocenters. The van der Waals surface area contributed by atoms with Crippen LogP contribution in [0.3, 0.4) is 0 Å². The number of carbonyl (C=O) groups is 1. The Morgan fingerprint density at radius 3 is 2.16 bits per heavy atom. The zero-order valence-corrected chi connectivity index (χ0v) is 17.6. The molecule has 0 atom stereocenters. The molecule has 1 aliphatic heterocycles. The summed E-state index contributed by atoms with van der Waals surface area (Å²) in [6, 6.07) is 6.57. The maximum atomic E-state index is 12.8. The van der Waals surface area contributed by atoms with Crippen LogP contribution in [0.5, 0.6) is 0 Å². The Kier molecular flexibility index (Phi) is 5.35. The highest BCUT2D eigenvalue weighted by Crippen LogP contribution is 2.30. The molecular formula is C21H22F3N5O3. The lowest BCUT2D eigenvalue weighted by Gasteiger charge is -2.36. The largest absolute Gasteiger partial charge is 0.416 e. The second-order valence-electron chi connectivity index (χ2n) is 7.80. The fraction of sp³-hybridized carbons (Fsp3) is 0.381. The summed E-state index contributed by atoms with van der Waals surface area (Å²) < 4.78 is 42.2. The van der Waals surface area contributed by atoms with Crippen LogP contribution in [-0.2, 0) is 31.6 Å². The summed E-state index contributed by atoms with van der Waals surface area (Å²) in [5.41, 5.74) is -0.528. The van der Waals surface area contributed by atoms with E-state index < -0.39 is 23.0 Å². The molecule has 0 bridgehead atoms. The third-order valence-corrected chi connectivity index (χ3v) is 5.86. The number of halogens is 3. The predicted molar refractivity (Wildman–Crippen MR) is 113 cm³/mol. The number of alkyl halides is 3. The first-order valence-electron chi connectivity index (χ1n) is 10.0. The van der Waals surface area contributed by atoms with Gasteiger partial charge >= 0.3 is 11.9 Å². The van der Waals surface area contributed by atoms with Crippen molar-refractivity contribution in [1.29, 1.82) is 0 Å². The van der Waals surface area contributed by atoms with Crippen molar-refractivity contribution in [3.63, 3.8) is 0 Å². The van der Waals surface area contributed by atoms with E-state index in [-0.39, 0.29) is 12.5 Å². The van der Waals surface area contributed by atoms with Gasteiger partial charge in [0.25, 0.3) is 5.56 Å². The number of rotatable bonds is 3. The van der Waals surface area contributed by atoms with Crippen molar-refractivity contribution >= 4 is 22.6 Å². The highest BCUT2D eigenvalue weighted by molar-refractivity contribution is 5.81. The summed E-state index contributed by atoms with van der Waals surface area (Å²) in [4.78, 5) is 41.0. The van der Waals surface area contributed by atoms with Gasteiger partial charge in [0.05, 0.1) is 10.9 Å². The van der Waals surface area contributed by atoms with E-state index in [9.17, 15) is 27.6 Å². The first kappa shape index (κ1) is 21.7. The number of hydrogen-bond donors (Lipinski definition) is 0. The molecule has 0 spiro atoms. The molecule has 1 aliphatic rings. The molecule has 0 aliphatic carbocycles. The van der Waals surface area contributed by atoms with Crippen LogP contribution >= 0.6 is 0 Å². The Bertz CT molecular complexity index is 1280. The molecule has 0 N–H and O–H groups in total. The van der Waals surface area contributed by atoms with Gasteiger partial charge in [-0.05, 0) is 30.3 Å². The molecule has 4 rings (SSSR count). The van der Waals surface area contributed by atoms with Crippen molar-refractivity contribution in [3.8, 4) is 0 Å². The lowest BCUT2D eigenvalue weighted by Crippen LogP contribution is -2.49. The van der Waals surface area contributed by atoms with Gasteiger partial charge in [-0.2, -0.15) is 13.2 Å². The number of amides is 1. The zero-order valence-electron chi connectivity index (χ0n) is 17.6. The molecule has 170 valence electrons. The van der Waals surface area contributed by atoms with Gasteiger partial charge in [-0.1, -0.05) is 0 Å². The van der Waals surface area contributed by atoms with Gasteiger partial charge in [0.1, 0.15) is 12.2 Å². The molecule has 2 aromatic heterocycles. The van der Waals surface area contributed by atoms with Crippen molar-refractivity contribution in [2.45, 2.75) is 12.7 Å². The van der Waals surface area contributed by atoms with E-state index in [1.165, 1.54) is 23.7 Å².